The van der Waals surface area contributed by atoms with Crippen LogP contribution in [0.4, 0.5) is 17.1 Å². The number of benzene rings is 11. The molecule has 0 fully saturated rings. The molecule has 326 valence electrons. The van der Waals surface area contributed by atoms with Crippen LogP contribution in [0.1, 0.15) is 22.3 Å². The number of nitrogens with zero attached hydrogens (tertiary/aromatic N) is 2. The monoisotopic (exact) mass is 890 g/mol. The summed E-state index contributed by atoms with van der Waals surface area (Å²) >= 11 is 0. The molecule has 70 heavy (non-hydrogen) atoms. The highest BCUT2D eigenvalue weighted by Gasteiger charge is 2.51. The molecule has 1 atom stereocenters. The molecule has 13 aromatic rings. The largest absolute Gasteiger partial charge is 0.455 e. The highest BCUT2D eigenvalue weighted by Crippen LogP contribution is 2.62. The first-order chi connectivity index (χ1) is 34.7. The second-order valence-corrected chi connectivity index (χ2v) is 18.7. The fraction of sp³-hybridized carbons (Fsp3) is 0.0149. The van der Waals surface area contributed by atoms with Gasteiger partial charge < -0.3 is 13.9 Å². The van der Waals surface area contributed by atoms with Gasteiger partial charge >= 0.3 is 0 Å². The second-order valence-electron chi connectivity index (χ2n) is 18.7. The Labute approximate surface area is 405 Å². The lowest BCUT2D eigenvalue weighted by molar-refractivity contribution is 0.670. The van der Waals surface area contributed by atoms with Gasteiger partial charge in [0.15, 0.2) is 0 Å². The van der Waals surface area contributed by atoms with E-state index >= 15 is 0 Å². The van der Waals surface area contributed by atoms with Gasteiger partial charge in [0.25, 0.3) is 0 Å². The molecule has 0 radical (unpaired) electrons. The van der Waals surface area contributed by atoms with E-state index in [-0.39, 0.29) is 0 Å². The Balaban J connectivity index is 0.978. The van der Waals surface area contributed by atoms with Crippen LogP contribution in [-0.2, 0) is 5.41 Å². The number of rotatable bonds is 6. The summed E-state index contributed by atoms with van der Waals surface area (Å²) < 4.78 is 9.08. The number of para-hydroxylation sites is 6. The third-order valence-electron chi connectivity index (χ3n) is 15.2. The minimum absolute atomic E-state index is 0.591. The molecule has 15 rings (SSSR count). The fourth-order valence-electron chi connectivity index (χ4n) is 12.3. The minimum Gasteiger partial charge on any atom is -0.455 e. The molecule has 1 aliphatic carbocycles. The van der Waals surface area contributed by atoms with Crippen molar-refractivity contribution in [3.05, 3.63) is 277 Å². The molecule has 0 saturated heterocycles. The van der Waals surface area contributed by atoms with Gasteiger partial charge in [-0.1, -0.05) is 200 Å². The number of anilines is 3. The van der Waals surface area contributed by atoms with E-state index in [1.54, 1.807) is 0 Å². The molecule has 11 aromatic carbocycles. The average Bonchev–Trinajstić information content (AvgIpc) is 4.08. The molecule has 1 unspecified atom stereocenters. The van der Waals surface area contributed by atoms with E-state index in [4.69, 9.17) is 4.42 Å². The number of furan rings is 1. The minimum atomic E-state index is -0.591. The summed E-state index contributed by atoms with van der Waals surface area (Å²) in [6, 6.07) is 93.7. The first-order valence-corrected chi connectivity index (χ1v) is 24.2. The Morgan fingerprint density at radius 2 is 0.957 bits per heavy atom. The van der Waals surface area contributed by atoms with Gasteiger partial charge in [-0.2, -0.15) is 0 Å². The molecule has 2 aromatic heterocycles. The summed E-state index contributed by atoms with van der Waals surface area (Å²) in [7, 11) is 0. The SMILES string of the molecule is c1ccc(-c2cccc(-c3ccccc3N(c3ccc(-c4cccc5c4oc4ccccc45)cc3)c3ccc4c(c3)C3(c5ccccc5-4)c4ccccc4-n4c5ccccc5c5cccc3c54)c2)cc1. The van der Waals surface area contributed by atoms with Gasteiger partial charge in [0.1, 0.15) is 11.2 Å². The van der Waals surface area contributed by atoms with Crippen LogP contribution in [0.25, 0.3) is 93.9 Å². The molecule has 3 heterocycles. The lowest BCUT2D eigenvalue weighted by atomic mass is 9.65. The van der Waals surface area contributed by atoms with Crippen molar-refractivity contribution in [1.82, 2.24) is 4.57 Å². The summed E-state index contributed by atoms with van der Waals surface area (Å²) in [4.78, 5) is 2.47. The van der Waals surface area contributed by atoms with E-state index < -0.39 is 5.41 Å². The van der Waals surface area contributed by atoms with Crippen LogP contribution >= 0.6 is 0 Å². The van der Waals surface area contributed by atoms with Crippen LogP contribution in [0, 0.1) is 0 Å². The van der Waals surface area contributed by atoms with E-state index in [0.29, 0.717) is 0 Å². The van der Waals surface area contributed by atoms with Gasteiger partial charge in [-0.15, -0.1) is 0 Å². The lowest BCUT2D eigenvalue weighted by Crippen LogP contribution is -2.33. The summed E-state index contributed by atoms with van der Waals surface area (Å²) in [6.07, 6.45) is 0. The van der Waals surface area contributed by atoms with Crippen LogP contribution in [0.5, 0.6) is 0 Å². The number of aromatic nitrogens is 1. The third-order valence-corrected chi connectivity index (χ3v) is 15.2. The zero-order chi connectivity index (χ0) is 45.9. The molecule has 0 bridgehead atoms. The highest BCUT2D eigenvalue weighted by molar-refractivity contribution is 6.13. The van der Waals surface area contributed by atoms with Gasteiger partial charge in [0.2, 0.25) is 0 Å². The van der Waals surface area contributed by atoms with E-state index in [0.717, 1.165) is 61.3 Å². The molecule has 1 spiro atoms. The summed E-state index contributed by atoms with van der Waals surface area (Å²) in [5.74, 6) is 0. The van der Waals surface area contributed by atoms with Crippen molar-refractivity contribution >= 4 is 60.8 Å². The summed E-state index contributed by atoms with van der Waals surface area (Å²) in [5, 5.41) is 4.80. The first-order valence-electron chi connectivity index (χ1n) is 24.2. The van der Waals surface area contributed by atoms with Crippen molar-refractivity contribution in [3.8, 4) is 50.2 Å². The Kier molecular flexibility index (Phi) is 8.28. The van der Waals surface area contributed by atoms with E-state index in [9.17, 15) is 0 Å². The molecule has 0 amide bonds. The molecule has 2 aliphatic rings. The van der Waals surface area contributed by atoms with Crippen molar-refractivity contribution in [2.24, 2.45) is 0 Å². The van der Waals surface area contributed by atoms with E-state index in [2.05, 4.69) is 258 Å². The number of hydrogen-bond donors (Lipinski definition) is 0. The van der Waals surface area contributed by atoms with Gasteiger partial charge in [-0.3, -0.25) is 0 Å². The Morgan fingerprint density at radius 1 is 0.343 bits per heavy atom. The van der Waals surface area contributed by atoms with Crippen LogP contribution in [0.15, 0.2) is 259 Å². The average molecular weight is 891 g/mol. The van der Waals surface area contributed by atoms with Crippen molar-refractivity contribution < 1.29 is 4.42 Å². The predicted octanol–water partition coefficient (Wildman–Crippen LogP) is 17.8. The molecule has 3 heteroatoms. The van der Waals surface area contributed by atoms with Crippen molar-refractivity contribution in [3.63, 3.8) is 0 Å². The van der Waals surface area contributed by atoms with E-state index in [1.165, 1.54) is 72.0 Å². The van der Waals surface area contributed by atoms with Crippen molar-refractivity contribution in [1.29, 1.82) is 0 Å². The van der Waals surface area contributed by atoms with Gasteiger partial charge in [-0.05, 0) is 110 Å². The maximum Gasteiger partial charge on any atom is 0.143 e. The number of hydrogen-bond acceptors (Lipinski definition) is 2. The van der Waals surface area contributed by atoms with Gasteiger partial charge in [0.05, 0.1) is 27.8 Å². The number of fused-ring (bicyclic) bond motifs is 15. The quantitative estimate of drug-likeness (QED) is 0.166. The van der Waals surface area contributed by atoms with Crippen LogP contribution < -0.4 is 4.90 Å². The molecule has 0 saturated carbocycles. The van der Waals surface area contributed by atoms with Crippen molar-refractivity contribution in [2.45, 2.75) is 5.41 Å². The summed E-state index contributed by atoms with van der Waals surface area (Å²) in [5.41, 5.74) is 22.7. The lowest BCUT2D eigenvalue weighted by Gasteiger charge is -2.40. The normalized spacial score (nSPS) is 14.3. The standard InChI is InChI=1S/C67H42N2O/c1-2-17-43(18-3-1)45-19-14-20-46(41-45)49-21-5-10-31-61(49)68(47-37-35-44(36-38-47)50-25-15-27-56-54-24-7-13-34-64(54)70-66(50)56)48-39-40-52-51-22-4-8-28-57(51)67(60(52)42-48)58-29-9-12-33-63(58)69-62-32-11-6-23-53(62)55-26-16-30-59(67)65(55)69/h1-42H. The molecule has 1 aliphatic heterocycles. The maximum absolute atomic E-state index is 6.56. The molecular weight excluding hydrogens is 849 g/mol. The predicted molar refractivity (Wildman–Crippen MR) is 290 cm³/mol. The Morgan fingerprint density at radius 3 is 1.86 bits per heavy atom. The first kappa shape index (κ1) is 38.9. The zero-order valence-electron chi connectivity index (χ0n) is 38.1. The van der Waals surface area contributed by atoms with Crippen LogP contribution in [-0.4, -0.2) is 4.57 Å². The van der Waals surface area contributed by atoms with E-state index in [1.807, 2.05) is 6.07 Å². The van der Waals surface area contributed by atoms with Crippen molar-refractivity contribution in [2.75, 3.05) is 4.90 Å². The Bertz CT molecular complexity index is 4250. The Hall–Kier alpha value is -9.18. The third kappa shape index (κ3) is 5.40. The van der Waals surface area contributed by atoms with Crippen LogP contribution in [0.2, 0.25) is 0 Å². The van der Waals surface area contributed by atoms with Gasteiger partial charge in [-0.25, -0.2) is 0 Å². The van der Waals surface area contributed by atoms with Gasteiger partial charge in [0, 0.05) is 44.0 Å². The highest BCUT2D eigenvalue weighted by atomic mass is 16.3. The zero-order valence-corrected chi connectivity index (χ0v) is 38.1. The van der Waals surface area contributed by atoms with Crippen LogP contribution in [0.3, 0.4) is 0 Å². The fourth-order valence-corrected chi connectivity index (χ4v) is 12.3. The molecule has 3 nitrogen and oxygen atoms in total. The molecular formula is C67H42N2O. The maximum atomic E-state index is 6.56. The smallest absolute Gasteiger partial charge is 0.143 e. The summed E-state index contributed by atoms with van der Waals surface area (Å²) in [6.45, 7) is 0. The molecule has 0 N–H and O–H groups in total. The second kappa shape index (κ2) is 14.9. The topological polar surface area (TPSA) is 21.3 Å².